The summed E-state index contributed by atoms with van der Waals surface area (Å²) in [4.78, 5) is 0. The average Bonchev–Trinajstić information content (AvgIpc) is 2.95. The molecule has 0 heteroatoms. The molecule has 0 aromatic carbocycles. The van der Waals surface area contributed by atoms with Crippen LogP contribution in [0.5, 0.6) is 0 Å². The van der Waals surface area contributed by atoms with E-state index in [9.17, 15) is 0 Å². The van der Waals surface area contributed by atoms with Gasteiger partial charge in [-0.2, -0.15) is 0 Å². The molecule has 0 aromatic rings. The first-order valence-corrected chi connectivity index (χ1v) is 6.16. The van der Waals surface area contributed by atoms with Crippen LogP contribution in [-0.4, -0.2) is 0 Å². The molecule has 4 aliphatic carbocycles. The Kier molecular flexibility index (Phi) is 0.758. The van der Waals surface area contributed by atoms with Crippen LogP contribution in [0.3, 0.4) is 0 Å². The first-order valence-electron chi connectivity index (χ1n) is 6.16. The van der Waals surface area contributed by atoms with Gasteiger partial charge < -0.3 is 0 Å². The molecule has 78 valence electrons. The van der Waals surface area contributed by atoms with E-state index in [4.69, 9.17) is 0 Å². The van der Waals surface area contributed by atoms with Crippen molar-refractivity contribution in [2.45, 2.75) is 54.4 Å². The van der Waals surface area contributed by atoms with E-state index >= 15 is 0 Å². The van der Waals surface area contributed by atoms with Gasteiger partial charge in [-0.05, 0) is 45.3 Å². The van der Waals surface area contributed by atoms with Crippen molar-refractivity contribution in [3.63, 3.8) is 0 Å². The van der Waals surface area contributed by atoms with E-state index < -0.39 is 0 Å². The highest BCUT2D eigenvalue weighted by Crippen LogP contribution is 3.17. The molecule has 0 amide bonds. The van der Waals surface area contributed by atoms with Gasteiger partial charge in [0.25, 0.3) is 0 Å². The predicted octanol–water partition coefficient (Wildman–Crippen LogP) is 3.86. The van der Waals surface area contributed by atoms with Crippen molar-refractivity contribution < 1.29 is 0 Å². The Morgan fingerprint density at radius 2 is 0.786 bits per heavy atom. The highest BCUT2D eigenvalue weighted by molar-refractivity contribution is 5.59. The van der Waals surface area contributed by atoms with Crippen molar-refractivity contribution in [3.05, 3.63) is 0 Å². The first kappa shape index (κ1) is 8.19. The van der Waals surface area contributed by atoms with E-state index in [-0.39, 0.29) is 0 Å². The Morgan fingerprint density at radius 3 is 0.857 bits per heavy atom. The number of hydrogen-bond acceptors (Lipinski definition) is 0. The van der Waals surface area contributed by atoms with E-state index in [0.29, 0.717) is 10.8 Å². The van der Waals surface area contributed by atoms with Gasteiger partial charge in [0.05, 0.1) is 0 Å². The van der Waals surface area contributed by atoms with E-state index in [2.05, 4.69) is 41.5 Å². The Morgan fingerprint density at radius 1 is 0.571 bits per heavy atom. The third kappa shape index (κ3) is 0.323. The molecule has 0 radical (unpaired) electrons. The molecule has 4 rings (SSSR count). The quantitative estimate of drug-likeness (QED) is 0.589. The third-order valence-corrected chi connectivity index (χ3v) is 8.37. The van der Waals surface area contributed by atoms with E-state index in [1.165, 1.54) is 12.8 Å². The molecular weight excluding hydrogens is 168 g/mol. The number of hydrogen-bond donors (Lipinski definition) is 0. The smallest absolute Gasteiger partial charge is 0.0108 e. The van der Waals surface area contributed by atoms with Gasteiger partial charge in [0.1, 0.15) is 0 Å². The summed E-state index contributed by atoms with van der Waals surface area (Å²) in [6.45, 7) is 15.1. The molecule has 4 aliphatic rings. The number of fused-ring (bicyclic) bond motifs is 3. The molecule has 4 fully saturated rings. The monoisotopic (exact) mass is 190 g/mol. The summed E-state index contributed by atoms with van der Waals surface area (Å²) in [5.41, 5.74) is 4.31. The molecule has 0 heterocycles. The van der Waals surface area contributed by atoms with Crippen molar-refractivity contribution >= 4 is 0 Å². The topological polar surface area (TPSA) is 0 Å². The fourth-order valence-corrected chi connectivity index (χ4v) is 6.54. The van der Waals surface area contributed by atoms with Gasteiger partial charge in [0.2, 0.25) is 0 Å². The fraction of sp³-hybridized carbons (Fsp3) is 1.00. The lowest BCUT2D eigenvalue weighted by molar-refractivity contribution is 0.210. The van der Waals surface area contributed by atoms with Crippen LogP contribution in [-0.2, 0) is 0 Å². The lowest BCUT2D eigenvalue weighted by Gasteiger charge is -2.27. The molecule has 0 bridgehead atoms. The zero-order chi connectivity index (χ0) is 10.4. The van der Waals surface area contributed by atoms with Crippen LogP contribution in [0.1, 0.15) is 54.4 Å². The Labute approximate surface area is 87.5 Å². The van der Waals surface area contributed by atoms with Gasteiger partial charge in [-0.25, -0.2) is 0 Å². The minimum atomic E-state index is 0.658. The zero-order valence-electron chi connectivity index (χ0n) is 10.4. The molecule has 4 saturated carbocycles. The summed E-state index contributed by atoms with van der Waals surface area (Å²) < 4.78 is 0. The largest absolute Gasteiger partial charge is 0.0588 e. The summed E-state index contributed by atoms with van der Waals surface area (Å²) >= 11 is 0. The van der Waals surface area contributed by atoms with Crippen LogP contribution in [0.25, 0.3) is 0 Å². The maximum absolute atomic E-state index is 2.54. The highest BCUT2D eigenvalue weighted by atomic mass is 15.2. The summed E-state index contributed by atoms with van der Waals surface area (Å²) in [6.07, 6.45) is 3.07. The van der Waals surface area contributed by atoms with Gasteiger partial charge in [-0.15, -0.1) is 0 Å². The van der Waals surface area contributed by atoms with E-state index in [0.717, 1.165) is 21.7 Å². The highest BCUT2D eigenvalue weighted by Gasteiger charge is 3.12. The third-order valence-electron chi connectivity index (χ3n) is 8.37. The van der Waals surface area contributed by atoms with Gasteiger partial charge in [0, 0.05) is 0 Å². The van der Waals surface area contributed by atoms with Crippen molar-refractivity contribution in [1.82, 2.24) is 0 Å². The Hall–Kier alpha value is 0. The zero-order valence-corrected chi connectivity index (χ0v) is 10.4. The predicted molar refractivity (Wildman–Crippen MR) is 57.9 cm³/mol. The average molecular weight is 190 g/mol. The Bertz CT molecular complexity index is 330. The lowest BCUT2D eigenvalue weighted by Crippen LogP contribution is -2.21. The lowest BCUT2D eigenvalue weighted by atomic mass is 9.77. The normalized spacial score (nSPS) is 73.3. The van der Waals surface area contributed by atoms with Gasteiger partial charge in [-0.3, -0.25) is 0 Å². The molecule has 0 aliphatic heterocycles. The Balaban J connectivity index is 1.84. The second kappa shape index (κ2) is 1.30. The van der Waals surface area contributed by atoms with Crippen molar-refractivity contribution in [1.29, 1.82) is 0 Å². The van der Waals surface area contributed by atoms with Gasteiger partial charge in [0.15, 0.2) is 0 Å². The van der Waals surface area contributed by atoms with Crippen LogP contribution in [0.2, 0.25) is 0 Å². The second-order valence-electron chi connectivity index (χ2n) is 8.08. The minimum absolute atomic E-state index is 0.658. The van der Waals surface area contributed by atoms with Gasteiger partial charge >= 0.3 is 0 Å². The molecule has 14 heavy (non-hydrogen) atoms. The number of rotatable bonds is 1. The molecule has 4 unspecified atom stereocenters. The van der Waals surface area contributed by atoms with Crippen LogP contribution in [0, 0.1) is 32.5 Å². The summed E-state index contributed by atoms with van der Waals surface area (Å²) in [5.74, 6) is 0. The maximum atomic E-state index is 2.54. The molecule has 4 atom stereocenters. The minimum Gasteiger partial charge on any atom is -0.0588 e. The molecule has 0 nitrogen and oxygen atoms in total. The summed E-state index contributed by atoms with van der Waals surface area (Å²) in [7, 11) is 0. The van der Waals surface area contributed by atoms with Crippen LogP contribution < -0.4 is 0 Å². The SMILES string of the molecule is CC1(C)C2(C)CC12C12CC1(C)C2(C)C. The molecule has 0 spiro atoms. The van der Waals surface area contributed by atoms with Crippen LogP contribution >= 0.6 is 0 Å². The van der Waals surface area contributed by atoms with Crippen LogP contribution in [0.15, 0.2) is 0 Å². The maximum Gasteiger partial charge on any atom is -0.0108 e. The summed E-state index contributed by atoms with van der Waals surface area (Å²) in [6, 6.07) is 0. The molecule has 0 saturated heterocycles. The fourth-order valence-electron chi connectivity index (χ4n) is 6.54. The van der Waals surface area contributed by atoms with Crippen molar-refractivity contribution in [2.75, 3.05) is 0 Å². The standard InChI is InChI=1S/C14H22/c1-9(2)11(5)7-13(9,11)14-8-12(14,6)10(14,3)4/h7-8H2,1-6H3. The van der Waals surface area contributed by atoms with Gasteiger partial charge in [-0.1, -0.05) is 41.5 Å². The van der Waals surface area contributed by atoms with Crippen molar-refractivity contribution in [3.8, 4) is 0 Å². The first-order chi connectivity index (χ1) is 6.16. The van der Waals surface area contributed by atoms with Crippen LogP contribution in [0.4, 0.5) is 0 Å². The van der Waals surface area contributed by atoms with Crippen molar-refractivity contribution in [2.24, 2.45) is 32.5 Å². The summed E-state index contributed by atoms with van der Waals surface area (Å²) in [5, 5.41) is 0. The van der Waals surface area contributed by atoms with E-state index in [1.54, 1.807) is 0 Å². The second-order valence-corrected chi connectivity index (χ2v) is 8.08. The van der Waals surface area contributed by atoms with E-state index in [1.807, 2.05) is 0 Å². The molecule has 0 N–H and O–H groups in total. The molecular formula is C14H22. The molecule has 0 aromatic heterocycles.